The third kappa shape index (κ3) is 5.29. The number of fused-ring (bicyclic) bond motifs is 2. The number of piperazine rings is 1. The van der Waals surface area contributed by atoms with E-state index in [1.807, 2.05) is 54.6 Å². The Balaban J connectivity index is 1.44. The van der Waals surface area contributed by atoms with Crippen molar-refractivity contribution in [1.29, 1.82) is 0 Å². The van der Waals surface area contributed by atoms with Crippen molar-refractivity contribution in [3.8, 4) is 11.3 Å². The van der Waals surface area contributed by atoms with Crippen molar-refractivity contribution >= 4 is 39.2 Å². The topological polar surface area (TPSA) is 48.1 Å². The van der Waals surface area contributed by atoms with Crippen LogP contribution in [0.25, 0.3) is 33.2 Å². The van der Waals surface area contributed by atoms with E-state index in [1.165, 1.54) is 5.69 Å². The lowest BCUT2D eigenvalue weighted by molar-refractivity contribution is 0.244. The third-order valence-corrected chi connectivity index (χ3v) is 7.05. The van der Waals surface area contributed by atoms with E-state index < -0.39 is 0 Å². The summed E-state index contributed by atoms with van der Waals surface area (Å²) in [6.07, 6.45) is 0. The Morgan fingerprint density at radius 1 is 0.703 bits per heavy atom. The van der Waals surface area contributed by atoms with E-state index in [2.05, 4.69) is 63.3 Å². The summed E-state index contributed by atoms with van der Waals surface area (Å²) in [7, 11) is 0. The van der Waals surface area contributed by atoms with E-state index in [4.69, 9.17) is 21.6 Å². The molecule has 1 aromatic heterocycles. The van der Waals surface area contributed by atoms with Crippen LogP contribution in [0.2, 0.25) is 5.02 Å². The van der Waals surface area contributed by atoms with Crippen LogP contribution in [0.3, 0.4) is 0 Å². The van der Waals surface area contributed by atoms with Crippen molar-refractivity contribution in [2.24, 2.45) is 0 Å². The van der Waals surface area contributed by atoms with Crippen molar-refractivity contribution in [2.75, 3.05) is 31.1 Å². The number of nitrogens with one attached hydrogen (secondary N) is 1. The molecule has 5 aromatic rings. The van der Waals surface area contributed by atoms with Gasteiger partial charge in [-0.15, -0.1) is 0 Å². The van der Waals surface area contributed by atoms with Gasteiger partial charge in [0.25, 0.3) is 0 Å². The number of nitrogens with zero attached hydrogens (tertiary/aromatic N) is 4. The second-order valence-corrected chi connectivity index (χ2v) is 9.72. The highest BCUT2D eigenvalue weighted by atomic mass is 35.5. The van der Waals surface area contributed by atoms with Gasteiger partial charge in [0.15, 0.2) is 0 Å². The lowest BCUT2D eigenvalue weighted by atomic mass is 10.1. The molecular formula is C31H28ClN5. The number of para-hydroxylation sites is 3. The van der Waals surface area contributed by atoms with Gasteiger partial charge in [0.05, 0.1) is 28.8 Å². The molecule has 5 nitrogen and oxygen atoms in total. The van der Waals surface area contributed by atoms with Crippen LogP contribution >= 0.6 is 11.6 Å². The van der Waals surface area contributed by atoms with Crippen molar-refractivity contribution in [2.45, 2.75) is 6.54 Å². The average molecular weight is 506 g/mol. The molecule has 0 radical (unpaired) electrons. The van der Waals surface area contributed by atoms with Crippen LogP contribution in [0.15, 0.2) is 103 Å². The van der Waals surface area contributed by atoms with Crippen molar-refractivity contribution in [3.05, 3.63) is 114 Å². The zero-order chi connectivity index (χ0) is 25.0. The first-order valence-corrected chi connectivity index (χ1v) is 13.0. The zero-order valence-electron chi connectivity index (χ0n) is 20.5. The van der Waals surface area contributed by atoms with Gasteiger partial charge in [0.1, 0.15) is 5.82 Å². The zero-order valence-corrected chi connectivity index (χ0v) is 21.3. The molecule has 1 aliphatic heterocycles. The maximum Gasteiger partial charge on any atom is 0.143 e. The van der Waals surface area contributed by atoms with Crippen LogP contribution in [0, 0.1) is 0 Å². The standard InChI is InChI=1S/C31H28ClN5/c32-24-15-16-27-26(21-24)31(23-9-3-1-4-10-23)35-29-14-8-7-13-28(29)34-30(33-27)22-36-17-19-37(20-18-36)25-11-5-2-6-12-25/h1-16,21,35H,17-20,22H2. The molecule has 184 valence electrons. The van der Waals surface area contributed by atoms with Gasteiger partial charge >= 0.3 is 0 Å². The summed E-state index contributed by atoms with van der Waals surface area (Å²) in [4.78, 5) is 18.7. The van der Waals surface area contributed by atoms with Crippen LogP contribution in [0.1, 0.15) is 5.82 Å². The first kappa shape index (κ1) is 23.5. The van der Waals surface area contributed by atoms with Crippen LogP contribution in [0.4, 0.5) is 5.69 Å². The summed E-state index contributed by atoms with van der Waals surface area (Å²) in [5.74, 6) is 0.792. The number of hydrogen-bond acceptors (Lipinski definition) is 4. The fraction of sp³-hybridized carbons (Fsp3) is 0.161. The number of aromatic amines is 1. The van der Waals surface area contributed by atoms with E-state index >= 15 is 0 Å². The summed E-state index contributed by atoms with van der Waals surface area (Å²) in [5.41, 5.74) is 5.97. The normalized spacial score (nSPS) is 14.1. The largest absolute Gasteiger partial charge is 0.369 e. The number of hydrogen-bond donors (Lipinski definition) is 1. The molecule has 0 amide bonds. The third-order valence-electron chi connectivity index (χ3n) is 6.81. The van der Waals surface area contributed by atoms with Crippen LogP contribution in [-0.4, -0.2) is 46.0 Å². The smallest absolute Gasteiger partial charge is 0.143 e. The number of rotatable bonds is 4. The molecule has 1 N–H and O–H groups in total. The molecule has 0 spiro atoms. The number of anilines is 1. The predicted octanol–water partition coefficient (Wildman–Crippen LogP) is 6.88. The van der Waals surface area contributed by atoms with E-state index in [1.54, 1.807) is 0 Å². The minimum atomic E-state index is 0.673. The van der Waals surface area contributed by atoms with E-state index in [9.17, 15) is 0 Å². The van der Waals surface area contributed by atoms with Crippen molar-refractivity contribution in [1.82, 2.24) is 19.9 Å². The van der Waals surface area contributed by atoms with Crippen LogP contribution in [0.5, 0.6) is 0 Å². The summed E-state index contributed by atoms with van der Waals surface area (Å²) >= 11 is 6.49. The lowest BCUT2D eigenvalue weighted by Gasteiger charge is -2.35. The van der Waals surface area contributed by atoms with Crippen LogP contribution in [-0.2, 0) is 6.54 Å². The quantitative estimate of drug-likeness (QED) is 0.289. The molecule has 1 aliphatic rings. The second kappa shape index (κ2) is 10.6. The lowest BCUT2D eigenvalue weighted by Crippen LogP contribution is -2.46. The summed E-state index contributed by atoms with van der Waals surface area (Å²) < 4.78 is 0. The summed E-state index contributed by atoms with van der Waals surface area (Å²) in [6.45, 7) is 4.55. The van der Waals surface area contributed by atoms with Crippen molar-refractivity contribution < 1.29 is 0 Å². The fourth-order valence-electron chi connectivity index (χ4n) is 4.89. The molecule has 6 heteroatoms. The Labute approximate surface area is 221 Å². The Hall–Kier alpha value is -3.93. The molecule has 1 saturated heterocycles. The van der Waals surface area contributed by atoms with Gasteiger partial charge < -0.3 is 9.88 Å². The van der Waals surface area contributed by atoms with E-state index in [0.717, 1.165) is 65.2 Å². The Morgan fingerprint density at radius 2 is 1.38 bits per heavy atom. The van der Waals surface area contributed by atoms with Gasteiger partial charge in [0, 0.05) is 42.3 Å². The van der Waals surface area contributed by atoms with E-state index in [-0.39, 0.29) is 0 Å². The van der Waals surface area contributed by atoms with Crippen molar-refractivity contribution in [3.63, 3.8) is 0 Å². The van der Waals surface area contributed by atoms with Gasteiger partial charge in [-0.25, -0.2) is 9.97 Å². The Bertz CT molecular complexity index is 1570. The average Bonchev–Trinajstić information content (AvgIpc) is 3.01. The summed E-state index contributed by atoms with van der Waals surface area (Å²) in [6, 6.07) is 34.9. The molecule has 0 atom stereocenters. The Kier molecular flexibility index (Phi) is 6.72. The number of benzene rings is 4. The SMILES string of the molecule is Clc1ccc2nc(CN3CCN(c4ccccc4)CC3)nc3ccccc3[nH]c(-c3ccccc3)c2c1. The maximum atomic E-state index is 6.49. The minimum Gasteiger partial charge on any atom is -0.369 e. The molecular weight excluding hydrogens is 478 g/mol. The highest BCUT2D eigenvalue weighted by Crippen LogP contribution is 2.28. The van der Waals surface area contributed by atoms with Gasteiger partial charge in [0.2, 0.25) is 0 Å². The van der Waals surface area contributed by atoms with Gasteiger partial charge in [-0.05, 0) is 48.0 Å². The fourth-order valence-corrected chi connectivity index (χ4v) is 5.07. The number of H-pyrrole nitrogens is 1. The number of halogens is 1. The molecule has 0 aliphatic carbocycles. The Morgan fingerprint density at radius 3 is 2.16 bits per heavy atom. The van der Waals surface area contributed by atoms with Gasteiger partial charge in [-0.1, -0.05) is 72.3 Å². The molecule has 0 unspecified atom stereocenters. The molecule has 6 rings (SSSR count). The maximum absolute atomic E-state index is 6.49. The summed E-state index contributed by atoms with van der Waals surface area (Å²) in [5, 5.41) is 1.63. The monoisotopic (exact) mass is 505 g/mol. The van der Waals surface area contributed by atoms with Gasteiger partial charge in [-0.3, -0.25) is 4.90 Å². The molecule has 2 heterocycles. The van der Waals surface area contributed by atoms with Gasteiger partial charge in [-0.2, -0.15) is 0 Å². The molecule has 0 saturated carbocycles. The predicted molar refractivity (Wildman–Crippen MR) is 153 cm³/mol. The van der Waals surface area contributed by atoms with E-state index in [0.29, 0.717) is 11.6 Å². The molecule has 37 heavy (non-hydrogen) atoms. The molecule has 0 bridgehead atoms. The highest BCUT2D eigenvalue weighted by molar-refractivity contribution is 6.31. The second-order valence-electron chi connectivity index (χ2n) is 9.28. The van der Waals surface area contributed by atoms with Crippen LogP contribution < -0.4 is 4.90 Å². The molecule has 4 aromatic carbocycles. The first-order valence-electron chi connectivity index (χ1n) is 12.6. The number of aromatic nitrogens is 3. The highest BCUT2D eigenvalue weighted by Gasteiger charge is 2.18. The minimum absolute atomic E-state index is 0.673. The first-order chi connectivity index (χ1) is 18.2. The molecule has 1 fully saturated rings.